The Morgan fingerprint density at radius 2 is 2.10 bits per heavy atom. The van der Waals surface area contributed by atoms with Crippen LogP contribution < -0.4 is 5.73 Å². The fraction of sp³-hybridized carbons (Fsp3) is 0.778. The lowest BCUT2D eigenvalue weighted by Crippen LogP contribution is -2.17. The van der Waals surface area contributed by atoms with Gasteiger partial charge in [0.2, 0.25) is 0 Å². The van der Waals surface area contributed by atoms with Crippen molar-refractivity contribution in [2.45, 2.75) is 26.2 Å². The molecule has 1 aliphatic carbocycles. The Morgan fingerprint density at radius 3 is 2.70 bits per heavy atom. The van der Waals surface area contributed by atoms with Crippen molar-refractivity contribution in [2.24, 2.45) is 17.6 Å². The predicted molar refractivity (Wildman–Crippen MR) is 44.7 cm³/mol. The van der Waals surface area contributed by atoms with Gasteiger partial charge >= 0.3 is 0 Å². The molecule has 0 aromatic carbocycles. The lowest BCUT2D eigenvalue weighted by atomic mass is 9.82. The van der Waals surface area contributed by atoms with Gasteiger partial charge in [0.05, 0.1) is 0 Å². The second-order valence-electron chi connectivity index (χ2n) is 3.26. The number of nitrogens with two attached hydrogens (primary N) is 1. The summed E-state index contributed by atoms with van der Waals surface area (Å²) in [7, 11) is 0. The molecule has 10 heavy (non-hydrogen) atoms. The van der Waals surface area contributed by atoms with E-state index in [9.17, 15) is 0 Å². The van der Waals surface area contributed by atoms with Crippen LogP contribution in [0.1, 0.15) is 26.2 Å². The molecule has 1 aliphatic rings. The minimum atomic E-state index is 0.850. The van der Waals surface area contributed by atoms with Crippen molar-refractivity contribution in [1.29, 1.82) is 0 Å². The van der Waals surface area contributed by atoms with Crippen molar-refractivity contribution in [1.82, 2.24) is 0 Å². The van der Waals surface area contributed by atoms with E-state index >= 15 is 0 Å². The van der Waals surface area contributed by atoms with E-state index in [1.807, 2.05) is 0 Å². The maximum atomic E-state index is 5.50. The van der Waals surface area contributed by atoms with Gasteiger partial charge < -0.3 is 5.73 Å². The molecule has 2 unspecified atom stereocenters. The van der Waals surface area contributed by atoms with Crippen LogP contribution in [-0.2, 0) is 0 Å². The first-order valence-electron chi connectivity index (χ1n) is 4.19. The molecule has 0 saturated heterocycles. The van der Waals surface area contributed by atoms with Crippen LogP contribution in [0.5, 0.6) is 0 Å². The summed E-state index contributed by atoms with van der Waals surface area (Å²) in [5, 5.41) is 0. The molecule has 1 heteroatoms. The first kappa shape index (κ1) is 7.80. The molecule has 1 rings (SSSR count). The van der Waals surface area contributed by atoms with Gasteiger partial charge in [-0.15, -0.1) is 0 Å². The Kier molecular flexibility index (Phi) is 2.94. The molecule has 0 spiro atoms. The fourth-order valence-electron chi connectivity index (χ4n) is 1.62. The maximum Gasteiger partial charge on any atom is -0.00744 e. The van der Waals surface area contributed by atoms with E-state index in [0.29, 0.717) is 0 Å². The predicted octanol–water partition coefficient (Wildman–Crippen LogP) is 1.94. The van der Waals surface area contributed by atoms with Crippen LogP contribution in [0.25, 0.3) is 0 Å². The molecule has 0 aliphatic heterocycles. The average molecular weight is 139 g/mol. The fourth-order valence-corrected chi connectivity index (χ4v) is 1.62. The zero-order chi connectivity index (χ0) is 7.40. The first-order chi connectivity index (χ1) is 4.84. The summed E-state index contributed by atoms with van der Waals surface area (Å²) in [4.78, 5) is 0. The molecule has 0 aromatic heterocycles. The maximum absolute atomic E-state index is 5.50. The molecule has 0 bridgehead atoms. The zero-order valence-electron chi connectivity index (χ0n) is 6.72. The summed E-state index contributed by atoms with van der Waals surface area (Å²) >= 11 is 0. The highest BCUT2D eigenvalue weighted by molar-refractivity contribution is 4.93. The van der Waals surface area contributed by atoms with Crippen LogP contribution in [0.15, 0.2) is 12.2 Å². The lowest BCUT2D eigenvalue weighted by Gasteiger charge is -2.24. The molecule has 2 atom stereocenters. The van der Waals surface area contributed by atoms with E-state index in [-0.39, 0.29) is 0 Å². The highest BCUT2D eigenvalue weighted by Crippen LogP contribution is 2.26. The summed E-state index contributed by atoms with van der Waals surface area (Å²) in [5.74, 6) is 1.71. The Labute approximate surface area is 63.3 Å². The van der Waals surface area contributed by atoms with Gasteiger partial charge in [-0.1, -0.05) is 19.1 Å². The van der Waals surface area contributed by atoms with Gasteiger partial charge in [-0.05, 0) is 37.6 Å². The van der Waals surface area contributed by atoms with E-state index in [2.05, 4.69) is 19.1 Å². The molecular weight excluding hydrogens is 122 g/mol. The van der Waals surface area contributed by atoms with Crippen LogP contribution in [0.4, 0.5) is 0 Å². The quantitative estimate of drug-likeness (QED) is 0.581. The van der Waals surface area contributed by atoms with Gasteiger partial charge in [0.1, 0.15) is 0 Å². The average Bonchev–Trinajstić information content (AvgIpc) is 1.94. The third-order valence-corrected chi connectivity index (χ3v) is 2.46. The van der Waals surface area contributed by atoms with Gasteiger partial charge in [0.15, 0.2) is 0 Å². The van der Waals surface area contributed by atoms with Crippen molar-refractivity contribution in [3.8, 4) is 0 Å². The van der Waals surface area contributed by atoms with Gasteiger partial charge in [0.25, 0.3) is 0 Å². The molecule has 2 N–H and O–H groups in total. The van der Waals surface area contributed by atoms with Crippen LogP contribution in [0.2, 0.25) is 0 Å². The second-order valence-corrected chi connectivity index (χ2v) is 3.26. The minimum Gasteiger partial charge on any atom is -0.330 e. The molecule has 0 aromatic rings. The standard InChI is InChI=1S/C9H17N/c1-8-4-2-3-5-9(8)6-7-10/h2-3,8-9H,4-7,10H2,1H3. The highest BCUT2D eigenvalue weighted by atomic mass is 14.5. The van der Waals surface area contributed by atoms with Crippen molar-refractivity contribution in [3.63, 3.8) is 0 Å². The van der Waals surface area contributed by atoms with Gasteiger partial charge in [-0.2, -0.15) is 0 Å². The third-order valence-electron chi connectivity index (χ3n) is 2.46. The van der Waals surface area contributed by atoms with E-state index in [4.69, 9.17) is 5.73 Å². The Hall–Kier alpha value is -0.300. The number of allylic oxidation sites excluding steroid dienone is 2. The van der Waals surface area contributed by atoms with Gasteiger partial charge in [-0.25, -0.2) is 0 Å². The smallest absolute Gasteiger partial charge is 0.00744 e. The third kappa shape index (κ3) is 1.84. The number of hydrogen-bond donors (Lipinski definition) is 1. The van der Waals surface area contributed by atoms with E-state index in [1.165, 1.54) is 19.3 Å². The minimum absolute atomic E-state index is 0.850. The van der Waals surface area contributed by atoms with Crippen molar-refractivity contribution >= 4 is 0 Å². The van der Waals surface area contributed by atoms with E-state index in [0.717, 1.165) is 18.4 Å². The topological polar surface area (TPSA) is 26.0 Å². The van der Waals surface area contributed by atoms with Crippen LogP contribution in [0, 0.1) is 11.8 Å². The highest BCUT2D eigenvalue weighted by Gasteiger charge is 2.16. The Balaban J connectivity index is 2.35. The summed E-state index contributed by atoms with van der Waals surface area (Å²) in [5.41, 5.74) is 5.50. The van der Waals surface area contributed by atoms with Crippen LogP contribution in [-0.4, -0.2) is 6.54 Å². The van der Waals surface area contributed by atoms with Crippen LogP contribution >= 0.6 is 0 Å². The SMILES string of the molecule is CC1CC=CCC1CCN. The molecule has 0 radical (unpaired) electrons. The Bertz CT molecular complexity index is 118. The summed E-state index contributed by atoms with van der Waals surface area (Å²) in [6.45, 7) is 3.17. The molecule has 0 fully saturated rings. The molecule has 58 valence electrons. The molecule has 0 amide bonds. The van der Waals surface area contributed by atoms with Gasteiger partial charge in [0, 0.05) is 0 Å². The Morgan fingerprint density at radius 1 is 1.40 bits per heavy atom. The summed E-state index contributed by atoms with van der Waals surface area (Å²) in [6, 6.07) is 0. The largest absolute Gasteiger partial charge is 0.330 e. The summed E-state index contributed by atoms with van der Waals surface area (Å²) in [6.07, 6.45) is 8.28. The molecule has 1 nitrogen and oxygen atoms in total. The lowest BCUT2D eigenvalue weighted by molar-refractivity contribution is 0.332. The second kappa shape index (κ2) is 3.77. The number of hydrogen-bond acceptors (Lipinski definition) is 1. The molecular formula is C9H17N. The van der Waals surface area contributed by atoms with Crippen molar-refractivity contribution < 1.29 is 0 Å². The molecule has 0 saturated carbocycles. The van der Waals surface area contributed by atoms with E-state index < -0.39 is 0 Å². The normalized spacial score (nSPS) is 32.6. The van der Waals surface area contributed by atoms with Crippen molar-refractivity contribution in [3.05, 3.63) is 12.2 Å². The zero-order valence-corrected chi connectivity index (χ0v) is 6.72. The number of rotatable bonds is 2. The first-order valence-corrected chi connectivity index (χ1v) is 4.19. The van der Waals surface area contributed by atoms with E-state index in [1.54, 1.807) is 0 Å². The van der Waals surface area contributed by atoms with Crippen molar-refractivity contribution in [2.75, 3.05) is 6.54 Å². The van der Waals surface area contributed by atoms with Gasteiger partial charge in [-0.3, -0.25) is 0 Å². The van der Waals surface area contributed by atoms with Crippen LogP contribution in [0.3, 0.4) is 0 Å². The molecule has 0 heterocycles. The monoisotopic (exact) mass is 139 g/mol. The summed E-state index contributed by atoms with van der Waals surface area (Å²) < 4.78 is 0.